The van der Waals surface area contributed by atoms with Crippen LogP contribution in [0.3, 0.4) is 0 Å². The van der Waals surface area contributed by atoms with E-state index in [1.54, 1.807) is 42.5 Å². The summed E-state index contributed by atoms with van der Waals surface area (Å²) in [5.74, 6) is 0.293. The molecule has 0 spiro atoms. The Morgan fingerprint density at radius 1 is 1.06 bits per heavy atom. The summed E-state index contributed by atoms with van der Waals surface area (Å²) < 4.78 is 12.1. The quantitative estimate of drug-likeness (QED) is 0.274. The zero-order valence-electron chi connectivity index (χ0n) is 16.8. The SMILES string of the molecule is Cc1cc(C)c2oc(-c3ccccc3Cl)c(OCc3ccc([N+](=O)[O-])cc3)c(=O)c2c1. The lowest BCUT2D eigenvalue weighted by molar-refractivity contribution is -0.384. The predicted octanol–water partition coefficient (Wildman–Crippen LogP) is 6.22. The molecule has 7 heteroatoms. The summed E-state index contributed by atoms with van der Waals surface area (Å²) in [7, 11) is 0. The Morgan fingerprint density at radius 3 is 2.45 bits per heavy atom. The number of aryl methyl sites for hydroxylation is 2. The van der Waals surface area contributed by atoms with E-state index in [0.29, 0.717) is 27.1 Å². The van der Waals surface area contributed by atoms with Gasteiger partial charge in [-0.25, -0.2) is 0 Å². The number of non-ortho nitro benzene ring substituents is 1. The van der Waals surface area contributed by atoms with Crippen molar-refractivity contribution >= 4 is 28.3 Å². The molecule has 0 bridgehead atoms. The summed E-state index contributed by atoms with van der Waals surface area (Å²) in [6, 6.07) is 16.7. The van der Waals surface area contributed by atoms with Gasteiger partial charge in [0.2, 0.25) is 11.2 Å². The standard InChI is InChI=1S/C24H18ClNO5/c1-14-11-15(2)22-19(12-14)21(27)24(23(31-22)18-5-3-4-6-20(18)25)30-13-16-7-9-17(10-8-16)26(28)29/h3-12H,13H2,1-2H3. The monoisotopic (exact) mass is 435 g/mol. The van der Waals surface area contributed by atoms with Crippen molar-refractivity contribution in [2.24, 2.45) is 0 Å². The van der Waals surface area contributed by atoms with E-state index in [0.717, 1.165) is 11.1 Å². The molecule has 0 aliphatic heterocycles. The van der Waals surface area contributed by atoms with Crippen LogP contribution >= 0.6 is 11.6 Å². The zero-order chi connectivity index (χ0) is 22.1. The number of ether oxygens (including phenoxy) is 1. The highest BCUT2D eigenvalue weighted by atomic mass is 35.5. The Kier molecular flexibility index (Phi) is 5.48. The third-order valence-corrected chi connectivity index (χ3v) is 5.26. The van der Waals surface area contributed by atoms with Crippen molar-refractivity contribution in [1.29, 1.82) is 0 Å². The summed E-state index contributed by atoms with van der Waals surface area (Å²) in [6.07, 6.45) is 0. The van der Waals surface area contributed by atoms with Gasteiger partial charge in [0.05, 0.1) is 15.3 Å². The largest absolute Gasteiger partial charge is 0.481 e. The van der Waals surface area contributed by atoms with Crippen LogP contribution in [-0.2, 0) is 6.61 Å². The lowest BCUT2D eigenvalue weighted by Gasteiger charge is -2.14. The maximum atomic E-state index is 13.4. The Labute approximate surface area is 182 Å². The second kappa shape index (κ2) is 8.24. The van der Waals surface area contributed by atoms with Crippen LogP contribution in [0.2, 0.25) is 5.02 Å². The predicted molar refractivity (Wildman–Crippen MR) is 120 cm³/mol. The molecule has 1 aromatic heterocycles. The summed E-state index contributed by atoms with van der Waals surface area (Å²) in [4.78, 5) is 23.8. The molecule has 4 aromatic rings. The highest BCUT2D eigenvalue weighted by Crippen LogP contribution is 2.36. The molecule has 0 saturated carbocycles. The number of hydrogen-bond donors (Lipinski definition) is 0. The van der Waals surface area contributed by atoms with Crippen molar-refractivity contribution in [2.45, 2.75) is 20.5 Å². The second-order valence-corrected chi connectivity index (χ2v) is 7.65. The highest BCUT2D eigenvalue weighted by Gasteiger charge is 2.21. The number of fused-ring (bicyclic) bond motifs is 1. The Bertz CT molecular complexity index is 1360. The third-order valence-electron chi connectivity index (χ3n) is 4.93. The fraction of sp³-hybridized carbons (Fsp3) is 0.125. The van der Waals surface area contributed by atoms with Crippen LogP contribution < -0.4 is 10.2 Å². The van der Waals surface area contributed by atoms with E-state index in [4.69, 9.17) is 20.8 Å². The molecule has 0 amide bonds. The van der Waals surface area contributed by atoms with Gasteiger partial charge in [-0.05, 0) is 60.9 Å². The third kappa shape index (κ3) is 4.02. The van der Waals surface area contributed by atoms with Gasteiger partial charge in [-0.3, -0.25) is 14.9 Å². The van der Waals surface area contributed by atoms with Gasteiger partial charge in [-0.1, -0.05) is 29.8 Å². The smallest absolute Gasteiger partial charge is 0.269 e. The molecule has 0 N–H and O–H groups in total. The lowest BCUT2D eigenvalue weighted by Crippen LogP contribution is -2.11. The van der Waals surface area contributed by atoms with Crippen molar-refractivity contribution in [1.82, 2.24) is 0 Å². The first-order valence-electron chi connectivity index (χ1n) is 9.54. The van der Waals surface area contributed by atoms with Gasteiger partial charge in [-0.2, -0.15) is 0 Å². The molecule has 3 aromatic carbocycles. The number of benzene rings is 3. The maximum absolute atomic E-state index is 13.4. The Hall–Kier alpha value is -3.64. The van der Waals surface area contributed by atoms with E-state index < -0.39 is 4.92 Å². The molecule has 1 heterocycles. The summed E-state index contributed by atoms with van der Waals surface area (Å²) in [5, 5.41) is 11.7. The molecule has 6 nitrogen and oxygen atoms in total. The first kappa shape index (κ1) is 20.6. The van der Waals surface area contributed by atoms with Crippen LogP contribution in [0.15, 0.2) is 69.9 Å². The van der Waals surface area contributed by atoms with Crippen molar-refractivity contribution in [3.05, 3.63) is 103 Å². The van der Waals surface area contributed by atoms with Crippen molar-refractivity contribution < 1.29 is 14.1 Å². The van der Waals surface area contributed by atoms with Crippen LogP contribution in [0.25, 0.3) is 22.3 Å². The average Bonchev–Trinajstić information content (AvgIpc) is 2.74. The van der Waals surface area contributed by atoms with E-state index in [9.17, 15) is 14.9 Å². The van der Waals surface area contributed by atoms with Crippen LogP contribution in [-0.4, -0.2) is 4.92 Å². The van der Waals surface area contributed by atoms with E-state index in [-0.39, 0.29) is 29.2 Å². The number of hydrogen-bond acceptors (Lipinski definition) is 5. The van der Waals surface area contributed by atoms with Crippen LogP contribution in [0, 0.1) is 24.0 Å². The average molecular weight is 436 g/mol. The van der Waals surface area contributed by atoms with Gasteiger partial charge in [0, 0.05) is 17.7 Å². The minimum Gasteiger partial charge on any atom is -0.481 e. The number of nitro groups is 1. The molecule has 0 aliphatic carbocycles. The summed E-state index contributed by atoms with van der Waals surface area (Å²) >= 11 is 6.38. The molecule has 0 atom stereocenters. The van der Waals surface area contributed by atoms with Crippen LogP contribution in [0.5, 0.6) is 5.75 Å². The van der Waals surface area contributed by atoms with E-state index in [2.05, 4.69) is 0 Å². The second-order valence-electron chi connectivity index (χ2n) is 7.24. The first-order chi connectivity index (χ1) is 14.8. The van der Waals surface area contributed by atoms with Crippen LogP contribution in [0.1, 0.15) is 16.7 Å². The topological polar surface area (TPSA) is 82.6 Å². The van der Waals surface area contributed by atoms with Gasteiger partial charge in [0.1, 0.15) is 12.2 Å². The minimum absolute atomic E-state index is 0.0170. The fourth-order valence-electron chi connectivity index (χ4n) is 3.46. The summed E-state index contributed by atoms with van der Waals surface area (Å²) in [6.45, 7) is 3.83. The van der Waals surface area contributed by atoms with Gasteiger partial charge >= 0.3 is 0 Å². The molecule has 0 aliphatic rings. The normalized spacial score (nSPS) is 10.9. The van der Waals surface area contributed by atoms with Gasteiger partial charge < -0.3 is 9.15 Å². The maximum Gasteiger partial charge on any atom is 0.269 e. The summed E-state index contributed by atoms with van der Waals surface area (Å²) in [5.41, 5.74) is 3.15. The number of halogens is 1. The fourth-order valence-corrected chi connectivity index (χ4v) is 3.68. The molecule has 156 valence electrons. The van der Waals surface area contributed by atoms with Crippen molar-refractivity contribution in [2.75, 3.05) is 0 Å². The number of nitro benzene ring substituents is 1. The molecular formula is C24H18ClNO5. The van der Waals surface area contributed by atoms with E-state index >= 15 is 0 Å². The number of rotatable bonds is 5. The van der Waals surface area contributed by atoms with Crippen LogP contribution in [0.4, 0.5) is 5.69 Å². The molecular weight excluding hydrogens is 418 g/mol. The van der Waals surface area contributed by atoms with Gasteiger partial charge in [0.25, 0.3) is 5.69 Å². The van der Waals surface area contributed by atoms with Gasteiger partial charge in [0.15, 0.2) is 5.76 Å². The Balaban J connectivity index is 1.84. The minimum atomic E-state index is -0.469. The van der Waals surface area contributed by atoms with Crippen molar-refractivity contribution in [3.63, 3.8) is 0 Å². The Morgan fingerprint density at radius 2 is 1.77 bits per heavy atom. The molecule has 31 heavy (non-hydrogen) atoms. The van der Waals surface area contributed by atoms with E-state index in [1.807, 2.05) is 19.9 Å². The molecule has 0 saturated heterocycles. The molecule has 0 unspecified atom stereocenters. The van der Waals surface area contributed by atoms with Gasteiger partial charge in [-0.15, -0.1) is 0 Å². The highest BCUT2D eigenvalue weighted by molar-refractivity contribution is 6.33. The molecule has 0 radical (unpaired) electrons. The molecule has 4 rings (SSSR count). The van der Waals surface area contributed by atoms with Crippen molar-refractivity contribution in [3.8, 4) is 17.1 Å². The zero-order valence-corrected chi connectivity index (χ0v) is 17.6. The molecule has 0 fully saturated rings. The lowest BCUT2D eigenvalue weighted by atomic mass is 10.1. The first-order valence-corrected chi connectivity index (χ1v) is 9.92. The number of nitrogens with zero attached hydrogens (tertiary/aromatic N) is 1. The van der Waals surface area contributed by atoms with E-state index in [1.165, 1.54) is 12.1 Å².